The zero-order chi connectivity index (χ0) is 13.5. The minimum Gasteiger partial charge on any atom is -0.384 e. The van der Waals surface area contributed by atoms with Gasteiger partial charge in [-0.2, -0.15) is 0 Å². The molecule has 0 saturated carbocycles. The molecule has 3 N–H and O–H groups in total. The molecule has 0 radical (unpaired) electrons. The molecule has 0 heterocycles. The average Bonchev–Trinajstić information content (AvgIpc) is 2.31. The van der Waals surface area contributed by atoms with E-state index in [1.807, 2.05) is 0 Å². The SMILES string of the molecule is CCCC(C)COCc1ccc(F)cc1C(=N)N. The highest BCUT2D eigenvalue weighted by Crippen LogP contribution is 2.13. The third-order valence-corrected chi connectivity index (χ3v) is 2.80. The van der Waals surface area contributed by atoms with Gasteiger partial charge in [-0.05, 0) is 30.0 Å². The lowest BCUT2D eigenvalue weighted by atomic mass is 10.1. The first-order valence-corrected chi connectivity index (χ1v) is 6.25. The van der Waals surface area contributed by atoms with E-state index >= 15 is 0 Å². The molecular weight excluding hydrogens is 231 g/mol. The Morgan fingerprint density at radius 3 is 2.83 bits per heavy atom. The summed E-state index contributed by atoms with van der Waals surface area (Å²) in [6.07, 6.45) is 2.27. The lowest BCUT2D eigenvalue weighted by Gasteiger charge is -2.12. The predicted octanol–water partition coefficient (Wildman–Crippen LogP) is 3.06. The van der Waals surface area contributed by atoms with E-state index in [9.17, 15) is 4.39 Å². The number of halogens is 1. The van der Waals surface area contributed by atoms with Crippen molar-refractivity contribution in [2.75, 3.05) is 6.61 Å². The molecule has 0 aliphatic carbocycles. The van der Waals surface area contributed by atoms with Crippen LogP contribution >= 0.6 is 0 Å². The fourth-order valence-corrected chi connectivity index (χ4v) is 1.87. The number of amidine groups is 1. The first-order chi connectivity index (χ1) is 8.54. The summed E-state index contributed by atoms with van der Waals surface area (Å²) in [5.74, 6) is -0.00534. The molecule has 3 nitrogen and oxygen atoms in total. The first-order valence-electron chi connectivity index (χ1n) is 6.25. The molecule has 18 heavy (non-hydrogen) atoms. The third kappa shape index (κ3) is 4.45. The van der Waals surface area contributed by atoms with Crippen LogP contribution in [0.1, 0.15) is 37.8 Å². The summed E-state index contributed by atoms with van der Waals surface area (Å²) in [7, 11) is 0. The van der Waals surface area contributed by atoms with E-state index in [1.54, 1.807) is 6.07 Å². The molecule has 0 aliphatic rings. The number of hydrogen-bond acceptors (Lipinski definition) is 2. The molecule has 0 saturated heterocycles. The second-order valence-corrected chi connectivity index (χ2v) is 4.62. The van der Waals surface area contributed by atoms with Crippen LogP contribution in [0.3, 0.4) is 0 Å². The highest BCUT2D eigenvalue weighted by molar-refractivity contribution is 5.96. The summed E-state index contributed by atoms with van der Waals surface area (Å²) in [6.45, 7) is 5.32. The highest BCUT2D eigenvalue weighted by Gasteiger charge is 2.08. The van der Waals surface area contributed by atoms with Crippen molar-refractivity contribution in [2.24, 2.45) is 11.7 Å². The van der Waals surface area contributed by atoms with E-state index in [2.05, 4.69) is 13.8 Å². The summed E-state index contributed by atoms with van der Waals surface area (Å²) in [4.78, 5) is 0. The third-order valence-electron chi connectivity index (χ3n) is 2.80. The zero-order valence-electron chi connectivity index (χ0n) is 11.0. The molecule has 1 unspecified atom stereocenters. The topological polar surface area (TPSA) is 59.1 Å². The van der Waals surface area contributed by atoms with Gasteiger partial charge in [0.15, 0.2) is 0 Å². The standard InChI is InChI=1S/C14H21FN2O/c1-3-4-10(2)8-18-9-11-5-6-12(15)7-13(11)14(16)17/h5-7,10H,3-4,8-9H2,1-2H3,(H3,16,17). The van der Waals surface area contributed by atoms with E-state index in [4.69, 9.17) is 15.9 Å². The number of nitrogens with two attached hydrogens (primary N) is 1. The Morgan fingerprint density at radius 1 is 1.50 bits per heavy atom. The summed E-state index contributed by atoms with van der Waals surface area (Å²) in [6, 6.07) is 4.26. The number of rotatable bonds is 7. The Kier molecular flexibility index (Phi) is 5.78. The maximum Gasteiger partial charge on any atom is 0.123 e. The second-order valence-electron chi connectivity index (χ2n) is 4.62. The van der Waals surface area contributed by atoms with Gasteiger partial charge in [-0.1, -0.05) is 26.3 Å². The van der Waals surface area contributed by atoms with E-state index in [1.165, 1.54) is 12.1 Å². The van der Waals surface area contributed by atoms with Crippen molar-refractivity contribution < 1.29 is 9.13 Å². The lowest BCUT2D eigenvalue weighted by molar-refractivity contribution is 0.0892. The van der Waals surface area contributed by atoms with E-state index < -0.39 is 0 Å². The summed E-state index contributed by atoms with van der Waals surface area (Å²) in [5.41, 5.74) is 6.60. The van der Waals surface area contributed by atoms with Crippen LogP contribution in [0, 0.1) is 17.1 Å². The predicted molar refractivity (Wildman–Crippen MR) is 71.1 cm³/mol. The van der Waals surface area contributed by atoms with Crippen molar-refractivity contribution >= 4 is 5.84 Å². The first kappa shape index (κ1) is 14.6. The molecule has 1 atom stereocenters. The molecular formula is C14H21FN2O. The quantitative estimate of drug-likeness (QED) is 0.578. The van der Waals surface area contributed by atoms with Gasteiger partial charge < -0.3 is 10.5 Å². The van der Waals surface area contributed by atoms with Crippen molar-refractivity contribution in [1.82, 2.24) is 0 Å². The zero-order valence-corrected chi connectivity index (χ0v) is 11.0. The van der Waals surface area contributed by atoms with Gasteiger partial charge in [0.2, 0.25) is 0 Å². The molecule has 1 aromatic carbocycles. The van der Waals surface area contributed by atoms with E-state index in [0.29, 0.717) is 24.7 Å². The Bertz CT molecular complexity index is 407. The van der Waals surface area contributed by atoms with Crippen LogP contribution in [0.4, 0.5) is 4.39 Å². The van der Waals surface area contributed by atoms with Gasteiger partial charge in [-0.3, -0.25) is 5.41 Å². The Balaban J connectivity index is 2.59. The van der Waals surface area contributed by atoms with Gasteiger partial charge in [-0.15, -0.1) is 0 Å². The van der Waals surface area contributed by atoms with Crippen LogP contribution in [-0.2, 0) is 11.3 Å². The fourth-order valence-electron chi connectivity index (χ4n) is 1.87. The number of nitrogen functional groups attached to an aromatic ring is 1. The van der Waals surface area contributed by atoms with Crippen molar-refractivity contribution in [3.8, 4) is 0 Å². The molecule has 0 spiro atoms. The van der Waals surface area contributed by atoms with Crippen LogP contribution in [-0.4, -0.2) is 12.4 Å². The summed E-state index contributed by atoms with van der Waals surface area (Å²) < 4.78 is 18.7. The minimum atomic E-state index is -0.386. The molecule has 1 rings (SSSR count). The highest BCUT2D eigenvalue weighted by atomic mass is 19.1. The van der Waals surface area contributed by atoms with Crippen LogP contribution in [0.5, 0.6) is 0 Å². The van der Waals surface area contributed by atoms with E-state index in [-0.39, 0.29) is 11.7 Å². The molecule has 0 aliphatic heterocycles. The van der Waals surface area contributed by atoms with Gasteiger partial charge in [0, 0.05) is 12.2 Å². The largest absolute Gasteiger partial charge is 0.384 e. The number of ether oxygens (including phenoxy) is 1. The Hall–Kier alpha value is -1.42. The van der Waals surface area contributed by atoms with Crippen LogP contribution in [0.15, 0.2) is 18.2 Å². The van der Waals surface area contributed by atoms with Crippen molar-refractivity contribution in [2.45, 2.75) is 33.3 Å². The molecule has 1 aromatic rings. The van der Waals surface area contributed by atoms with Crippen LogP contribution in [0.2, 0.25) is 0 Å². The molecule has 100 valence electrons. The summed E-state index contributed by atoms with van der Waals surface area (Å²) >= 11 is 0. The minimum absolute atomic E-state index is 0.130. The maximum absolute atomic E-state index is 13.1. The smallest absolute Gasteiger partial charge is 0.123 e. The second kappa shape index (κ2) is 7.11. The number of benzene rings is 1. The van der Waals surface area contributed by atoms with Gasteiger partial charge in [0.25, 0.3) is 0 Å². The van der Waals surface area contributed by atoms with Crippen LogP contribution in [0.25, 0.3) is 0 Å². The average molecular weight is 252 g/mol. The fraction of sp³-hybridized carbons (Fsp3) is 0.500. The number of hydrogen-bond donors (Lipinski definition) is 2. The lowest BCUT2D eigenvalue weighted by Crippen LogP contribution is -2.15. The molecule has 0 fully saturated rings. The normalized spacial score (nSPS) is 12.4. The molecule has 0 aromatic heterocycles. The molecule has 0 bridgehead atoms. The monoisotopic (exact) mass is 252 g/mol. The van der Waals surface area contributed by atoms with Crippen molar-refractivity contribution in [3.05, 3.63) is 35.1 Å². The van der Waals surface area contributed by atoms with E-state index in [0.717, 1.165) is 18.4 Å². The van der Waals surface area contributed by atoms with Gasteiger partial charge in [0.05, 0.1) is 6.61 Å². The number of nitrogens with one attached hydrogen (secondary N) is 1. The molecule has 0 amide bonds. The van der Waals surface area contributed by atoms with Gasteiger partial charge in [0.1, 0.15) is 11.7 Å². The molecule has 4 heteroatoms. The Labute approximate surface area is 108 Å². The van der Waals surface area contributed by atoms with Crippen molar-refractivity contribution in [1.29, 1.82) is 5.41 Å². The van der Waals surface area contributed by atoms with Crippen molar-refractivity contribution in [3.63, 3.8) is 0 Å². The Morgan fingerprint density at radius 2 is 2.22 bits per heavy atom. The van der Waals surface area contributed by atoms with Gasteiger partial charge in [-0.25, -0.2) is 4.39 Å². The summed E-state index contributed by atoms with van der Waals surface area (Å²) in [5, 5.41) is 7.41. The maximum atomic E-state index is 13.1. The van der Waals surface area contributed by atoms with Crippen LogP contribution < -0.4 is 5.73 Å². The van der Waals surface area contributed by atoms with Gasteiger partial charge >= 0.3 is 0 Å².